The van der Waals surface area contributed by atoms with Crippen molar-refractivity contribution in [3.8, 4) is 0 Å². The molecule has 1 N–H and O–H groups in total. The van der Waals surface area contributed by atoms with Crippen LogP contribution in [0.2, 0.25) is 0 Å². The lowest BCUT2D eigenvalue weighted by Crippen LogP contribution is -2.11. The van der Waals surface area contributed by atoms with Crippen molar-refractivity contribution in [3.63, 3.8) is 0 Å². The van der Waals surface area contributed by atoms with Crippen molar-refractivity contribution >= 4 is 53.7 Å². The standard InChI is InChI=1S/C14H11BrN2O2S2/c1-9-16-8-14(20-9)21(18,19)17-13-5-3-10-6-12(15)4-2-11(10)7-13/h2-8,17H,1H3. The van der Waals surface area contributed by atoms with E-state index in [-0.39, 0.29) is 4.21 Å². The topological polar surface area (TPSA) is 59.1 Å². The first kappa shape index (κ1) is 14.5. The van der Waals surface area contributed by atoms with Gasteiger partial charge in [0.25, 0.3) is 10.0 Å². The second-order valence-electron chi connectivity index (χ2n) is 4.51. The molecule has 0 unspecified atom stereocenters. The number of nitrogens with one attached hydrogen (secondary N) is 1. The molecule has 0 aliphatic heterocycles. The molecule has 1 aromatic heterocycles. The predicted octanol–water partition coefficient (Wildman–Crippen LogP) is 4.17. The third-order valence-corrected chi connectivity index (χ3v) is 6.17. The number of aryl methyl sites for hydroxylation is 1. The zero-order valence-electron chi connectivity index (χ0n) is 11.0. The van der Waals surface area contributed by atoms with Crippen molar-refractivity contribution in [1.29, 1.82) is 0 Å². The van der Waals surface area contributed by atoms with Gasteiger partial charge in [-0.25, -0.2) is 13.4 Å². The van der Waals surface area contributed by atoms with E-state index in [1.165, 1.54) is 6.20 Å². The average Bonchev–Trinajstić information content (AvgIpc) is 2.86. The highest BCUT2D eigenvalue weighted by Gasteiger charge is 2.17. The van der Waals surface area contributed by atoms with E-state index in [1.807, 2.05) is 30.3 Å². The van der Waals surface area contributed by atoms with Crippen molar-refractivity contribution in [2.24, 2.45) is 0 Å². The van der Waals surface area contributed by atoms with E-state index in [0.29, 0.717) is 5.69 Å². The summed E-state index contributed by atoms with van der Waals surface area (Å²) in [7, 11) is -3.57. The van der Waals surface area contributed by atoms with E-state index in [4.69, 9.17) is 0 Å². The zero-order chi connectivity index (χ0) is 15.0. The van der Waals surface area contributed by atoms with E-state index >= 15 is 0 Å². The van der Waals surface area contributed by atoms with Gasteiger partial charge >= 0.3 is 0 Å². The number of aromatic nitrogens is 1. The van der Waals surface area contributed by atoms with Crippen molar-refractivity contribution in [2.45, 2.75) is 11.1 Å². The number of rotatable bonds is 3. The van der Waals surface area contributed by atoms with Gasteiger partial charge in [-0.15, -0.1) is 11.3 Å². The Hall–Kier alpha value is -1.44. The first-order valence-corrected chi connectivity index (χ1v) is 9.18. The third kappa shape index (κ3) is 3.09. The van der Waals surface area contributed by atoms with Gasteiger partial charge in [-0.3, -0.25) is 4.72 Å². The number of halogens is 1. The molecule has 4 nitrogen and oxygen atoms in total. The summed E-state index contributed by atoms with van der Waals surface area (Å²) in [6, 6.07) is 11.3. The molecule has 0 fully saturated rings. The minimum absolute atomic E-state index is 0.218. The summed E-state index contributed by atoms with van der Waals surface area (Å²) in [6.45, 7) is 1.78. The fraction of sp³-hybridized carbons (Fsp3) is 0.0714. The number of hydrogen-bond donors (Lipinski definition) is 1. The Balaban J connectivity index is 1.96. The van der Waals surface area contributed by atoms with Crippen molar-refractivity contribution < 1.29 is 8.42 Å². The summed E-state index contributed by atoms with van der Waals surface area (Å²) in [6.07, 6.45) is 1.38. The Morgan fingerprint density at radius 3 is 2.57 bits per heavy atom. The minimum Gasteiger partial charge on any atom is -0.279 e. The molecule has 3 aromatic rings. The van der Waals surface area contributed by atoms with Crippen LogP contribution in [0.25, 0.3) is 10.8 Å². The van der Waals surface area contributed by atoms with Gasteiger partial charge < -0.3 is 0 Å². The molecular weight excluding hydrogens is 372 g/mol. The monoisotopic (exact) mass is 382 g/mol. The fourth-order valence-corrected chi connectivity index (χ4v) is 4.49. The summed E-state index contributed by atoms with van der Waals surface area (Å²) in [5.74, 6) is 0. The number of sulfonamides is 1. The lowest BCUT2D eigenvalue weighted by molar-refractivity contribution is 0.603. The number of fused-ring (bicyclic) bond motifs is 1. The molecule has 0 aliphatic rings. The molecule has 1 heterocycles. The molecule has 0 radical (unpaired) electrons. The zero-order valence-corrected chi connectivity index (χ0v) is 14.2. The Morgan fingerprint density at radius 1 is 1.14 bits per heavy atom. The van der Waals surface area contributed by atoms with Gasteiger partial charge in [0.1, 0.15) is 0 Å². The molecule has 108 valence electrons. The van der Waals surface area contributed by atoms with Crippen LogP contribution < -0.4 is 4.72 Å². The summed E-state index contributed by atoms with van der Waals surface area (Å²) in [5.41, 5.74) is 0.538. The van der Waals surface area contributed by atoms with Crippen LogP contribution in [-0.2, 0) is 10.0 Å². The molecular formula is C14H11BrN2O2S2. The first-order chi connectivity index (χ1) is 9.94. The first-order valence-electron chi connectivity index (χ1n) is 6.09. The average molecular weight is 383 g/mol. The highest BCUT2D eigenvalue weighted by Crippen LogP contribution is 2.25. The molecule has 0 spiro atoms. The van der Waals surface area contributed by atoms with Crippen molar-refractivity contribution in [1.82, 2.24) is 4.98 Å². The van der Waals surface area contributed by atoms with E-state index in [9.17, 15) is 8.42 Å². The number of anilines is 1. The second-order valence-corrected chi connectivity index (χ2v) is 8.57. The highest BCUT2D eigenvalue weighted by atomic mass is 79.9. The summed E-state index contributed by atoms with van der Waals surface area (Å²) in [4.78, 5) is 3.98. The largest absolute Gasteiger partial charge is 0.279 e. The second kappa shape index (κ2) is 5.40. The Kier molecular flexibility index (Phi) is 3.73. The number of hydrogen-bond acceptors (Lipinski definition) is 4. The number of nitrogens with zero attached hydrogens (tertiary/aromatic N) is 1. The van der Waals surface area contributed by atoms with Crippen LogP contribution in [0.1, 0.15) is 5.01 Å². The Bertz CT molecular complexity index is 920. The van der Waals surface area contributed by atoms with Gasteiger partial charge in [-0.1, -0.05) is 28.1 Å². The van der Waals surface area contributed by atoms with Gasteiger partial charge in [-0.2, -0.15) is 0 Å². The lowest BCUT2D eigenvalue weighted by atomic mass is 10.1. The highest BCUT2D eigenvalue weighted by molar-refractivity contribution is 9.10. The van der Waals surface area contributed by atoms with E-state index in [2.05, 4.69) is 25.6 Å². The van der Waals surface area contributed by atoms with Crippen LogP contribution in [0.3, 0.4) is 0 Å². The normalized spacial score (nSPS) is 11.7. The molecule has 2 aromatic carbocycles. The SMILES string of the molecule is Cc1ncc(S(=O)(=O)Nc2ccc3cc(Br)ccc3c2)s1. The molecule has 0 amide bonds. The van der Waals surface area contributed by atoms with E-state index in [1.54, 1.807) is 13.0 Å². The molecule has 0 aliphatic carbocycles. The quantitative estimate of drug-likeness (QED) is 0.739. The summed E-state index contributed by atoms with van der Waals surface area (Å²) in [5, 5.41) is 2.73. The van der Waals surface area contributed by atoms with Crippen LogP contribution in [0.4, 0.5) is 5.69 Å². The molecule has 0 bridgehead atoms. The minimum atomic E-state index is -3.57. The maximum atomic E-state index is 12.3. The Morgan fingerprint density at radius 2 is 1.86 bits per heavy atom. The summed E-state index contributed by atoms with van der Waals surface area (Å²) < 4.78 is 28.3. The van der Waals surface area contributed by atoms with Crippen molar-refractivity contribution in [2.75, 3.05) is 4.72 Å². The van der Waals surface area contributed by atoms with Crippen LogP contribution in [-0.4, -0.2) is 13.4 Å². The molecule has 0 atom stereocenters. The van der Waals surface area contributed by atoms with Crippen LogP contribution in [0, 0.1) is 6.92 Å². The fourth-order valence-electron chi connectivity index (χ4n) is 1.95. The van der Waals surface area contributed by atoms with E-state index < -0.39 is 10.0 Å². The van der Waals surface area contributed by atoms with Crippen molar-refractivity contribution in [3.05, 3.63) is 52.1 Å². The smallest absolute Gasteiger partial charge is 0.273 e. The number of thiazole rings is 1. The Labute approximate surface area is 135 Å². The van der Waals surface area contributed by atoms with Gasteiger partial charge in [0.2, 0.25) is 0 Å². The van der Waals surface area contributed by atoms with Gasteiger partial charge in [0.05, 0.1) is 11.2 Å². The van der Waals surface area contributed by atoms with Gasteiger partial charge in [0, 0.05) is 10.2 Å². The predicted molar refractivity (Wildman–Crippen MR) is 89.3 cm³/mol. The molecule has 21 heavy (non-hydrogen) atoms. The molecule has 0 saturated heterocycles. The van der Waals surface area contributed by atoms with Crippen LogP contribution in [0.5, 0.6) is 0 Å². The molecule has 0 saturated carbocycles. The third-order valence-electron chi connectivity index (χ3n) is 2.92. The maximum absolute atomic E-state index is 12.3. The summed E-state index contributed by atoms with van der Waals surface area (Å²) >= 11 is 4.57. The van der Waals surface area contributed by atoms with E-state index in [0.717, 1.165) is 31.6 Å². The molecule has 3 rings (SSSR count). The number of benzene rings is 2. The van der Waals surface area contributed by atoms with Crippen LogP contribution >= 0.6 is 27.3 Å². The maximum Gasteiger partial charge on any atom is 0.273 e. The van der Waals surface area contributed by atoms with Gasteiger partial charge in [-0.05, 0) is 42.0 Å². The van der Waals surface area contributed by atoms with Crippen LogP contribution in [0.15, 0.2) is 51.3 Å². The lowest BCUT2D eigenvalue weighted by Gasteiger charge is -2.07. The molecule has 7 heteroatoms. The van der Waals surface area contributed by atoms with Gasteiger partial charge in [0.15, 0.2) is 4.21 Å².